The van der Waals surface area contributed by atoms with Gasteiger partial charge in [-0.3, -0.25) is 9.59 Å². The molecule has 64 valence electrons. The van der Waals surface area contributed by atoms with Gasteiger partial charge in [0.2, 0.25) is 6.41 Å². The van der Waals surface area contributed by atoms with Crippen LogP contribution in [-0.2, 0) is 14.3 Å². The minimum absolute atomic E-state index is 0.0845. The fourth-order valence-corrected chi connectivity index (χ4v) is 0.555. The van der Waals surface area contributed by atoms with E-state index in [2.05, 4.69) is 5.32 Å². The predicted octanol–water partition coefficient (Wildman–Crippen LogP) is 0.0741. The van der Waals surface area contributed by atoms with E-state index < -0.39 is 0 Å². The van der Waals surface area contributed by atoms with Crippen molar-refractivity contribution in [2.75, 3.05) is 6.54 Å². The van der Waals surface area contributed by atoms with Crippen molar-refractivity contribution in [1.82, 2.24) is 5.32 Å². The molecule has 0 aliphatic carbocycles. The second kappa shape index (κ2) is 5.70. The van der Waals surface area contributed by atoms with Crippen LogP contribution >= 0.6 is 0 Å². The Morgan fingerprint density at radius 3 is 2.73 bits per heavy atom. The normalized spacial score (nSPS) is 9.36. The largest absolute Gasteiger partial charge is 0.463 e. The Kier molecular flexibility index (Phi) is 5.15. The highest BCUT2D eigenvalue weighted by Crippen LogP contribution is 1.91. The molecule has 1 amide bonds. The average molecular weight is 159 g/mol. The molecule has 0 aromatic heterocycles. The van der Waals surface area contributed by atoms with Crippen molar-refractivity contribution in [1.29, 1.82) is 0 Å². The van der Waals surface area contributed by atoms with Crippen LogP contribution < -0.4 is 5.32 Å². The van der Waals surface area contributed by atoms with Crippen LogP contribution in [0, 0.1) is 0 Å². The first kappa shape index (κ1) is 9.94. The molecule has 0 unspecified atom stereocenters. The number of ether oxygens (including phenoxy) is 1. The number of esters is 1. The molecule has 0 saturated carbocycles. The first-order chi connectivity index (χ1) is 5.16. The Morgan fingerprint density at radius 1 is 1.64 bits per heavy atom. The summed E-state index contributed by atoms with van der Waals surface area (Å²) in [6.07, 6.45) is 0.707. The highest BCUT2D eigenvalue weighted by Gasteiger charge is 2.03. The average Bonchev–Trinajstić information content (AvgIpc) is 1.86. The topological polar surface area (TPSA) is 55.4 Å². The number of nitrogens with one attached hydrogen (secondary N) is 1. The summed E-state index contributed by atoms with van der Waals surface area (Å²) >= 11 is 0. The first-order valence-corrected chi connectivity index (χ1v) is 3.53. The van der Waals surface area contributed by atoms with Gasteiger partial charge in [-0.1, -0.05) is 0 Å². The molecule has 0 aliphatic heterocycles. The van der Waals surface area contributed by atoms with E-state index in [-0.39, 0.29) is 18.5 Å². The van der Waals surface area contributed by atoms with Gasteiger partial charge >= 0.3 is 5.97 Å². The zero-order valence-electron chi connectivity index (χ0n) is 6.79. The van der Waals surface area contributed by atoms with E-state index in [1.165, 1.54) is 0 Å². The van der Waals surface area contributed by atoms with Gasteiger partial charge in [0.15, 0.2) is 0 Å². The van der Waals surface area contributed by atoms with Crippen molar-refractivity contribution in [2.24, 2.45) is 0 Å². The zero-order chi connectivity index (χ0) is 8.69. The molecule has 0 rings (SSSR count). The van der Waals surface area contributed by atoms with Crippen LogP contribution in [0.15, 0.2) is 0 Å². The summed E-state index contributed by atoms with van der Waals surface area (Å²) in [6, 6.07) is 0. The Morgan fingerprint density at radius 2 is 2.27 bits per heavy atom. The lowest BCUT2D eigenvalue weighted by atomic mass is 10.4. The Hall–Kier alpha value is -1.06. The second-order valence-electron chi connectivity index (χ2n) is 2.36. The second-order valence-corrected chi connectivity index (χ2v) is 2.36. The van der Waals surface area contributed by atoms with E-state index in [4.69, 9.17) is 4.74 Å². The van der Waals surface area contributed by atoms with Crippen LogP contribution in [0.1, 0.15) is 20.3 Å². The molecule has 0 saturated heterocycles. The van der Waals surface area contributed by atoms with Gasteiger partial charge in [0.05, 0.1) is 12.5 Å². The van der Waals surface area contributed by atoms with Crippen molar-refractivity contribution >= 4 is 12.4 Å². The van der Waals surface area contributed by atoms with Crippen LogP contribution in [-0.4, -0.2) is 25.0 Å². The van der Waals surface area contributed by atoms with Gasteiger partial charge in [0.25, 0.3) is 0 Å². The van der Waals surface area contributed by atoms with Gasteiger partial charge in [-0.05, 0) is 13.8 Å². The van der Waals surface area contributed by atoms with Gasteiger partial charge in [0.1, 0.15) is 0 Å². The molecule has 0 bridgehead atoms. The minimum Gasteiger partial charge on any atom is -0.463 e. The maximum Gasteiger partial charge on any atom is 0.307 e. The third-order valence-electron chi connectivity index (χ3n) is 0.924. The number of hydrogen-bond acceptors (Lipinski definition) is 3. The third-order valence-corrected chi connectivity index (χ3v) is 0.924. The quantitative estimate of drug-likeness (QED) is 0.351. The molecule has 0 fully saturated rings. The highest BCUT2D eigenvalue weighted by atomic mass is 16.5. The van der Waals surface area contributed by atoms with Gasteiger partial charge in [-0.15, -0.1) is 0 Å². The molecule has 0 heterocycles. The van der Waals surface area contributed by atoms with Crippen molar-refractivity contribution in [3.05, 3.63) is 0 Å². The molecular weight excluding hydrogens is 146 g/mol. The summed E-state index contributed by atoms with van der Waals surface area (Å²) in [6.45, 7) is 3.91. The zero-order valence-corrected chi connectivity index (χ0v) is 6.79. The number of amides is 1. The molecule has 1 N–H and O–H groups in total. The Balaban J connectivity index is 3.30. The lowest BCUT2D eigenvalue weighted by Crippen LogP contribution is -2.19. The molecule has 11 heavy (non-hydrogen) atoms. The molecule has 4 heteroatoms. The number of rotatable bonds is 5. The molecular formula is C7H13NO3. The first-order valence-electron chi connectivity index (χ1n) is 3.53. The highest BCUT2D eigenvalue weighted by molar-refractivity contribution is 5.70. The fraction of sp³-hybridized carbons (Fsp3) is 0.714. The van der Waals surface area contributed by atoms with E-state index >= 15 is 0 Å². The summed E-state index contributed by atoms with van der Waals surface area (Å²) in [5, 5.41) is 2.37. The number of carbonyl (C=O) groups excluding carboxylic acids is 2. The monoisotopic (exact) mass is 159 g/mol. The molecule has 4 nitrogen and oxygen atoms in total. The molecule has 0 aromatic carbocycles. The van der Waals surface area contributed by atoms with Gasteiger partial charge < -0.3 is 10.1 Å². The summed E-state index contributed by atoms with van der Waals surface area (Å²) in [7, 11) is 0. The van der Waals surface area contributed by atoms with Crippen LogP contribution in [0.3, 0.4) is 0 Å². The molecule has 0 radical (unpaired) electrons. The standard InChI is InChI=1S/C7H13NO3/c1-6(2)11-7(10)3-4-8-5-9/h5-6H,3-4H2,1-2H3,(H,8,9). The Bertz CT molecular complexity index is 134. The van der Waals surface area contributed by atoms with Gasteiger partial charge in [-0.2, -0.15) is 0 Å². The summed E-state index contributed by atoms with van der Waals surface area (Å²) in [5.41, 5.74) is 0. The van der Waals surface area contributed by atoms with Crippen LogP contribution in [0.4, 0.5) is 0 Å². The lowest BCUT2D eigenvalue weighted by molar-refractivity contribution is -0.147. The van der Waals surface area contributed by atoms with E-state index in [1.54, 1.807) is 13.8 Å². The van der Waals surface area contributed by atoms with Crippen molar-refractivity contribution in [2.45, 2.75) is 26.4 Å². The van der Waals surface area contributed by atoms with E-state index in [1.807, 2.05) is 0 Å². The SMILES string of the molecule is CC(C)OC(=O)CCNC=O. The summed E-state index contributed by atoms with van der Waals surface area (Å²) in [4.78, 5) is 20.5. The molecule has 0 atom stereocenters. The molecule has 0 aromatic rings. The van der Waals surface area contributed by atoms with E-state index in [0.29, 0.717) is 13.0 Å². The Labute approximate surface area is 65.9 Å². The fourth-order valence-electron chi connectivity index (χ4n) is 0.555. The van der Waals surface area contributed by atoms with Crippen LogP contribution in [0.5, 0.6) is 0 Å². The molecule has 0 spiro atoms. The van der Waals surface area contributed by atoms with Gasteiger partial charge in [0, 0.05) is 6.54 Å². The maximum atomic E-state index is 10.8. The summed E-state index contributed by atoms with van der Waals surface area (Å²) < 4.78 is 4.80. The predicted molar refractivity (Wildman–Crippen MR) is 39.9 cm³/mol. The van der Waals surface area contributed by atoms with Crippen molar-refractivity contribution < 1.29 is 14.3 Å². The maximum absolute atomic E-state index is 10.8. The van der Waals surface area contributed by atoms with E-state index in [0.717, 1.165) is 0 Å². The smallest absolute Gasteiger partial charge is 0.307 e. The lowest BCUT2D eigenvalue weighted by Gasteiger charge is -2.06. The molecule has 0 aliphatic rings. The van der Waals surface area contributed by atoms with Gasteiger partial charge in [-0.25, -0.2) is 0 Å². The van der Waals surface area contributed by atoms with Crippen LogP contribution in [0.25, 0.3) is 0 Å². The van der Waals surface area contributed by atoms with Crippen molar-refractivity contribution in [3.63, 3.8) is 0 Å². The number of hydrogen-bond donors (Lipinski definition) is 1. The number of carbonyl (C=O) groups is 2. The minimum atomic E-state index is -0.283. The van der Waals surface area contributed by atoms with Crippen molar-refractivity contribution in [3.8, 4) is 0 Å². The summed E-state index contributed by atoms with van der Waals surface area (Å²) in [5.74, 6) is -0.283. The third kappa shape index (κ3) is 6.83. The van der Waals surface area contributed by atoms with E-state index in [9.17, 15) is 9.59 Å². The van der Waals surface area contributed by atoms with Crippen LogP contribution in [0.2, 0.25) is 0 Å².